The van der Waals surface area contributed by atoms with Gasteiger partial charge in [-0.15, -0.1) is 0 Å². The Morgan fingerprint density at radius 3 is 2.61 bits per heavy atom. The molecule has 0 saturated carbocycles. The number of hydrogen-bond acceptors (Lipinski definition) is 6. The predicted molar refractivity (Wildman–Crippen MR) is 143 cm³/mol. The first-order valence-electron chi connectivity index (χ1n) is 11.5. The lowest BCUT2D eigenvalue weighted by atomic mass is 9.94. The number of benzene rings is 3. The molecule has 1 aliphatic heterocycles. The van der Waals surface area contributed by atoms with Crippen LogP contribution in [0.3, 0.4) is 0 Å². The van der Waals surface area contributed by atoms with Crippen LogP contribution < -0.4 is 9.64 Å². The van der Waals surface area contributed by atoms with Crippen LogP contribution in [0.2, 0.25) is 5.02 Å². The van der Waals surface area contributed by atoms with Crippen molar-refractivity contribution in [1.82, 2.24) is 4.98 Å². The van der Waals surface area contributed by atoms with E-state index in [-0.39, 0.29) is 11.3 Å². The summed E-state index contributed by atoms with van der Waals surface area (Å²) in [5, 5.41) is 12.2. The number of halogens is 1. The number of carbonyl (C=O) groups excluding carboxylic acids is 2. The van der Waals surface area contributed by atoms with Crippen molar-refractivity contribution in [3.63, 3.8) is 0 Å². The normalized spacial score (nSPS) is 17.2. The fourth-order valence-electron chi connectivity index (χ4n) is 4.26. The fraction of sp³-hybridized carbons (Fsp3) is 0.179. The molecule has 0 radical (unpaired) electrons. The Hall–Kier alpha value is -3.68. The van der Waals surface area contributed by atoms with E-state index in [9.17, 15) is 14.7 Å². The third kappa shape index (κ3) is 4.36. The van der Waals surface area contributed by atoms with Gasteiger partial charge in [-0.05, 0) is 61.4 Å². The van der Waals surface area contributed by atoms with Gasteiger partial charge in [0, 0.05) is 10.6 Å². The van der Waals surface area contributed by atoms with Crippen molar-refractivity contribution in [1.29, 1.82) is 0 Å². The van der Waals surface area contributed by atoms with Crippen LogP contribution >= 0.6 is 22.9 Å². The molecule has 5 rings (SSSR count). The number of nitrogens with zero attached hydrogens (tertiary/aromatic N) is 2. The molecule has 1 aliphatic rings. The SMILES string of the molecule is CCCOc1ccc(/C(O)=C2\C(=O)C(=O)N(c3nc4ccc(Cl)cc4s3)C2c2cccc(C)c2)cc1. The summed E-state index contributed by atoms with van der Waals surface area (Å²) in [6.07, 6.45) is 0.875. The first kappa shape index (κ1) is 24.0. The average Bonchev–Trinajstić information content (AvgIpc) is 3.40. The molecule has 1 fully saturated rings. The minimum atomic E-state index is -0.836. The van der Waals surface area contributed by atoms with Gasteiger partial charge in [-0.2, -0.15) is 0 Å². The number of thiazole rings is 1. The number of fused-ring (bicyclic) bond motifs is 1. The number of ether oxygens (including phenoxy) is 1. The minimum Gasteiger partial charge on any atom is -0.507 e. The van der Waals surface area contributed by atoms with Gasteiger partial charge in [0.1, 0.15) is 11.5 Å². The summed E-state index contributed by atoms with van der Waals surface area (Å²) in [7, 11) is 0. The van der Waals surface area contributed by atoms with Crippen LogP contribution in [-0.4, -0.2) is 28.4 Å². The van der Waals surface area contributed by atoms with Crippen LogP contribution in [0.1, 0.15) is 36.1 Å². The summed E-state index contributed by atoms with van der Waals surface area (Å²) in [6, 6.07) is 18.8. The third-order valence-corrected chi connectivity index (χ3v) is 7.20. The molecule has 8 heteroatoms. The van der Waals surface area contributed by atoms with Crippen LogP contribution in [0.25, 0.3) is 16.0 Å². The van der Waals surface area contributed by atoms with Gasteiger partial charge >= 0.3 is 5.91 Å². The van der Waals surface area contributed by atoms with E-state index in [4.69, 9.17) is 16.3 Å². The third-order valence-electron chi connectivity index (χ3n) is 5.95. The highest BCUT2D eigenvalue weighted by Gasteiger charge is 2.48. The molecule has 1 unspecified atom stereocenters. The molecule has 1 amide bonds. The van der Waals surface area contributed by atoms with Crippen molar-refractivity contribution in [2.24, 2.45) is 0 Å². The number of amides is 1. The maximum atomic E-state index is 13.4. The molecule has 0 bridgehead atoms. The molecule has 4 aromatic rings. The van der Waals surface area contributed by atoms with E-state index in [0.717, 1.165) is 16.7 Å². The molecular formula is C28H23ClN2O4S. The Morgan fingerprint density at radius 2 is 1.89 bits per heavy atom. The average molecular weight is 519 g/mol. The Balaban J connectivity index is 1.65. The number of rotatable bonds is 6. The summed E-state index contributed by atoms with van der Waals surface area (Å²) >= 11 is 7.42. The zero-order chi connectivity index (χ0) is 25.4. The monoisotopic (exact) mass is 518 g/mol. The largest absolute Gasteiger partial charge is 0.507 e. The van der Waals surface area contributed by atoms with E-state index in [1.807, 2.05) is 38.1 Å². The first-order chi connectivity index (χ1) is 17.4. The Labute approximate surface area is 217 Å². The van der Waals surface area contributed by atoms with Gasteiger partial charge in [-0.25, -0.2) is 4.98 Å². The number of carbonyl (C=O) groups is 2. The van der Waals surface area contributed by atoms with Gasteiger partial charge in [-0.1, -0.05) is 59.7 Å². The van der Waals surface area contributed by atoms with E-state index >= 15 is 0 Å². The van der Waals surface area contributed by atoms with Crippen LogP contribution in [-0.2, 0) is 9.59 Å². The Bertz CT molecular complexity index is 1510. The maximum absolute atomic E-state index is 13.4. The highest BCUT2D eigenvalue weighted by Crippen LogP contribution is 2.44. The number of Topliss-reactive ketones (excluding diaryl/α,β-unsaturated/α-hetero) is 1. The topological polar surface area (TPSA) is 79.7 Å². The van der Waals surface area contributed by atoms with Crippen LogP contribution in [0.5, 0.6) is 5.75 Å². The van der Waals surface area contributed by atoms with Gasteiger partial charge in [0.05, 0.1) is 28.4 Å². The standard InChI is InChI=1S/C28H23ClN2O4S/c1-3-13-35-20-10-7-17(8-11-20)25(32)23-24(18-6-4-5-16(2)14-18)31(27(34)26(23)33)28-30-21-12-9-19(29)15-22(21)36-28/h4-12,14-15,24,32H,3,13H2,1-2H3/b25-23+. The molecule has 36 heavy (non-hydrogen) atoms. The van der Waals surface area contributed by atoms with Crippen molar-refractivity contribution in [3.8, 4) is 5.75 Å². The second-order valence-electron chi connectivity index (χ2n) is 8.56. The van der Waals surface area contributed by atoms with E-state index in [2.05, 4.69) is 4.98 Å². The molecule has 1 N–H and O–H groups in total. The van der Waals surface area contributed by atoms with Gasteiger partial charge in [0.15, 0.2) is 5.13 Å². The number of aliphatic hydroxyl groups excluding tert-OH is 1. The molecule has 3 aromatic carbocycles. The molecule has 1 atom stereocenters. The van der Waals surface area contributed by atoms with Crippen molar-refractivity contribution in [2.45, 2.75) is 26.3 Å². The molecule has 182 valence electrons. The molecule has 2 heterocycles. The van der Waals surface area contributed by atoms with E-state index in [1.54, 1.807) is 42.5 Å². The van der Waals surface area contributed by atoms with E-state index in [0.29, 0.717) is 39.2 Å². The summed E-state index contributed by atoms with van der Waals surface area (Å²) in [5.41, 5.74) is 2.78. The maximum Gasteiger partial charge on any atom is 0.301 e. The highest BCUT2D eigenvalue weighted by atomic mass is 35.5. The number of anilines is 1. The minimum absolute atomic E-state index is 0.0186. The Kier molecular flexibility index (Phi) is 6.51. The van der Waals surface area contributed by atoms with Crippen molar-refractivity contribution in [2.75, 3.05) is 11.5 Å². The fourth-order valence-corrected chi connectivity index (χ4v) is 5.53. The number of hydrogen-bond donors (Lipinski definition) is 1. The number of aromatic nitrogens is 1. The van der Waals surface area contributed by atoms with Gasteiger partial charge < -0.3 is 9.84 Å². The van der Waals surface area contributed by atoms with E-state index in [1.165, 1.54) is 16.2 Å². The first-order valence-corrected chi connectivity index (χ1v) is 12.7. The molecule has 0 spiro atoms. The second kappa shape index (κ2) is 9.76. The highest BCUT2D eigenvalue weighted by molar-refractivity contribution is 7.22. The van der Waals surface area contributed by atoms with Crippen molar-refractivity contribution in [3.05, 3.63) is 94.0 Å². The predicted octanol–water partition coefficient (Wildman–Crippen LogP) is 6.67. The van der Waals surface area contributed by atoms with Crippen LogP contribution in [0.15, 0.2) is 72.3 Å². The quantitative estimate of drug-likeness (QED) is 0.175. The van der Waals surface area contributed by atoms with Gasteiger partial charge in [0.2, 0.25) is 0 Å². The van der Waals surface area contributed by atoms with E-state index < -0.39 is 17.7 Å². The number of ketones is 1. The smallest absolute Gasteiger partial charge is 0.301 e. The van der Waals surface area contributed by atoms with Crippen LogP contribution in [0, 0.1) is 6.92 Å². The van der Waals surface area contributed by atoms with Gasteiger partial charge in [-0.3, -0.25) is 14.5 Å². The number of aliphatic hydroxyl groups is 1. The van der Waals surface area contributed by atoms with Gasteiger partial charge in [0.25, 0.3) is 5.78 Å². The molecule has 1 aromatic heterocycles. The van der Waals surface area contributed by atoms with Crippen LogP contribution in [0.4, 0.5) is 5.13 Å². The lowest BCUT2D eigenvalue weighted by Gasteiger charge is -2.23. The summed E-state index contributed by atoms with van der Waals surface area (Å²) in [5.74, 6) is -1.08. The molecule has 0 aliphatic carbocycles. The summed E-state index contributed by atoms with van der Waals surface area (Å²) in [4.78, 5) is 32.8. The molecule has 1 saturated heterocycles. The zero-order valence-electron chi connectivity index (χ0n) is 19.7. The second-order valence-corrected chi connectivity index (χ2v) is 10.0. The number of aryl methyl sites for hydroxylation is 1. The summed E-state index contributed by atoms with van der Waals surface area (Å²) < 4.78 is 6.42. The Morgan fingerprint density at radius 1 is 1.11 bits per heavy atom. The molecule has 6 nitrogen and oxygen atoms in total. The summed E-state index contributed by atoms with van der Waals surface area (Å²) in [6.45, 7) is 4.53. The van der Waals surface area contributed by atoms with Crippen molar-refractivity contribution >= 4 is 55.7 Å². The lowest BCUT2D eigenvalue weighted by Crippen LogP contribution is -2.29. The van der Waals surface area contributed by atoms with Crippen molar-refractivity contribution < 1.29 is 19.4 Å². The lowest BCUT2D eigenvalue weighted by molar-refractivity contribution is -0.132. The molecular weight excluding hydrogens is 496 g/mol. The zero-order valence-corrected chi connectivity index (χ0v) is 21.3.